The SMILES string of the molecule is CCOc1ccc(Cl)cc1C(C)CO. The molecule has 0 radical (unpaired) electrons. The van der Waals surface area contributed by atoms with Crippen molar-refractivity contribution in [3.63, 3.8) is 0 Å². The van der Waals surface area contributed by atoms with Gasteiger partial charge in [0.15, 0.2) is 0 Å². The van der Waals surface area contributed by atoms with Crippen molar-refractivity contribution in [3.05, 3.63) is 28.8 Å². The molecule has 1 rings (SSSR count). The lowest BCUT2D eigenvalue weighted by molar-refractivity contribution is 0.266. The van der Waals surface area contributed by atoms with E-state index in [2.05, 4.69) is 0 Å². The van der Waals surface area contributed by atoms with E-state index in [0.29, 0.717) is 11.6 Å². The molecular formula is C11H15ClO2. The van der Waals surface area contributed by atoms with Gasteiger partial charge in [-0.25, -0.2) is 0 Å². The lowest BCUT2D eigenvalue weighted by Gasteiger charge is -2.14. The third-order valence-electron chi connectivity index (χ3n) is 2.08. The van der Waals surface area contributed by atoms with Crippen LogP contribution in [0.25, 0.3) is 0 Å². The zero-order valence-electron chi connectivity index (χ0n) is 8.46. The van der Waals surface area contributed by atoms with Gasteiger partial charge in [-0.2, -0.15) is 0 Å². The second-order valence-corrected chi connectivity index (χ2v) is 3.64. The molecule has 0 saturated heterocycles. The van der Waals surface area contributed by atoms with Crippen LogP contribution in [0.5, 0.6) is 5.75 Å². The highest BCUT2D eigenvalue weighted by Gasteiger charge is 2.11. The Morgan fingerprint density at radius 1 is 1.50 bits per heavy atom. The topological polar surface area (TPSA) is 29.5 Å². The Balaban J connectivity index is 3.02. The number of hydrogen-bond donors (Lipinski definition) is 1. The molecule has 3 heteroatoms. The molecule has 0 spiro atoms. The molecule has 1 atom stereocenters. The van der Waals surface area contributed by atoms with E-state index in [4.69, 9.17) is 21.4 Å². The maximum Gasteiger partial charge on any atom is 0.122 e. The molecule has 0 saturated carbocycles. The molecule has 1 unspecified atom stereocenters. The van der Waals surface area contributed by atoms with E-state index in [0.717, 1.165) is 11.3 Å². The Labute approximate surface area is 89.5 Å². The molecule has 0 heterocycles. The zero-order chi connectivity index (χ0) is 10.6. The zero-order valence-corrected chi connectivity index (χ0v) is 9.21. The van der Waals surface area contributed by atoms with Gasteiger partial charge in [0.05, 0.1) is 6.61 Å². The molecular weight excluding hydrogens is 200 g/mol. The molecule has 0 aromatic heterocycles. The molecule has 0 aliphatic rings. The number of rotatable bonds is 4. The van der Waals surface area contributed by atoms with E-state index in [1.54, 1.807) is 6.07 Å². The first-order valence-corrected chi connectivity index (χ1v) is 5.10. The van der Waals surface area contributed by atoms with Crippen molar-refractivity contribution < 1.29 is 9.84 Å². The van der Waals surface area contributed by atoms with Gasteiger partial charge in [-0.05, 0) is 25.1 Å². The maximum atomic E-state index is 9.07. The van der Waals surface area contributed by atoms with Gasteiger partial charge in [-0.1, -0.05) is 18.5 Å². The van der Waals surface area contributed by atoms with Crippen LogP contribution in [0.2, 0.25) is 5.02 Å². The van der Waals surface area contributed by atoms with E-state index in [-0.39, 0.29) is 12.5 Å². The van der Waals surface area contributed by atoms with E-state index in [1.807, 2.05) is 26.0 Å². The van der Waals surface area contributed by atoms with E-state index in [1.165, 1.54) is 0 Å². The van der Waals surface area contributed by atoms with Crippen molar-refractivity contribution in [2.24, 2.45) is 0 Å². The van der Waals surface area contributed by atoms with E-state index >= 15 is 0 Å². The molecule has 0 aliphatic heterocycles. The number of benzene rings is 1. The molecule has 1 N–H and O–H groups in total. The normalized spacial score (nSPS) is 12.6. The predicted molar refractivity (Wildman–Crippen MR) is 58.1 cm³/mol. The van der Waals surface area contributed by atoms with Gasteiger partial charge in [0.1, 0.15) is 5.75 Å². The van der Waals surface area contributed by atoms with Crippen LogP contribution < -0.4 is 4.74 Å². The third-order valence-corrected chi connectivity index (χ3v) is 2.31. The van der Waals surface area contributed by atoms with Crippen LogP contribution in [0, 0.1) is 0 Å². The summed E-state index contributed by atoms with van der Waals surface area (Å²) in [7, 11) is 0. The van der Waals surface area contributed by atoms with Crippen LogP contribution in [0.3, 0.4) is 0 Å². The monoisotopic (exact) mass is 214 g/mol. The Bertz CT molecular complexity index is 299. The summed E-state index contributed by atoms with van der Waals surface area (Å²) in [5, 5.41) is 9.74. The first kappa shape index (κ1) is 11.3. The summed E-state index contributed by atoms with van der Waals surface area (Å²) in [5.41, 5.74) is 0.960. The summed E-state index contributed by atoms with van der Waals surface area (Å²) >= 11 is 5.88. The van der Waals surface area contributed by atoms with Crippen molar-refractivity contribution in [2.75, 3.05) is 13.2 Å². The summed E-state index contributed by atoms with van der Waals surface area (Å²) < 4.78 is 5.45. The summed E-state index contributed by atoms with van der Waals surface area (Å²) in [6, 6.07) is 5.47. The Morgan fingerprint density at radius 3 is 2.79 bits per heavy atom. The number of hydrogen-bond acceptors (Lipinski definition) is 2. The average Bonchev–Trinajstić information content (AvgIpc) is 2.20. The minimum absolute atomic E-state index is 0.0512. The predicted octanol–water partition coefficient (Wildman–Crippen LogP) is 2.83. The molecule has 14 heavy (non-hydrogen) atoms. The molecule has 0 aliphatic carbocycles. The fraction of sp³-hybridized carbons (Fsp3) is 0.455. The van der Waals surface area contributed by atoms with E-state index < -0.39 is 0 Å². The van der Waals surface area contributed by atoms with Crippen LogP contribution in [0.4, 0.5) is 0 Å². The number of aliphatic hydroxyl groups is 1. The highest BCUT2D eigenvalue weighted by atomic mass is 35.5. The van der Waals surface area contributed by atoms with Gasteiger partial charge in [0, 0.05) is 23.1 Å². The Morgan fingerprint density at radius 2 is 2.21 bits per heavy atom. The maximum absolute atomic E-state index is 9.07. The van der Waals surface area contributed by atoms with Crippen molar-refractivity contribution in [1.82, 2.24) is 0 Å². The van der Waals surface area contributed by atoms with Crippen molar-refractivity contribution in [3.8, 4) is 5.75 Å². The van der Waals surface area contributed by atoms with Gasteiger partial charge in [-0.15, -0.1) is 0 Å². The van der Waals surface area contributed by atoms with Crippen LogP contribution in [-0.2, 0) is 0 Å². The van der Waals surface area contributed by atoms with Crippen LogP contribution in [0.1, 0.15) is 25.3 Å². The quantitative estimate of drug-likeness (QED) is 0.835. The molecule has 0 fully saturated rings. The number of aliphatic hydroxyl groups excluding tert-OH is 1. The minimum atomic E-state index is 0.0512. The van der Waals surface area contributed by atoms with Crippen molar-refractivity contribution in [1.29, 1.82) is 0 Å². The highest BCUT2D eigenvalue weighted by molar-refractivity contribution is 6.30. The highest BCUT2D eigenvalue weighted by Crippen LogP contribution is 2.29. The lowest BCUT2D eigenvalue weighted by atomic mass is 10.0. The molecule has 1 aromatic carbocycles. The van der Waals surface area contributed by atoms with Gasteiger partial charge < -0.3 is 9.84 Å². The van der Waals surface area contributed by atoms with Crippen molar-refractivity contribution >= 4 is 11.6 Å². The summed E-state index contributed by atoms with van der Waals surface area (Å²) in [5.74, 6) is 0.855. The standard InChI is InChI=1S/C11H15ClO2/c1-3-14-11-5-4-9(12)6-10(11)8(2)7-13/h4-6,8,13H,3,7H2,1-2H3. The fourth-order valence-electron chi connectivity index (χ4n) is 1.29. The van der Waals surface area contributed by atoms with Crippen LogP contribution >= 0.6 is 11.6 Å². The van der Waals surface area contributed by atoms with Crippen LogP contribution in [-0.4, -0.2) is 18.3 Å². The molecule has 1 aromatic rings. The number of halogens is 1. The Kier molecular flexibility index (Phi) is 4.23. The van der Waals surface area contributed by atoms with E-state index in [9.17, 15) is 0 Å². The summed E-state index contributed by atoms with van der Waals surface area (Å²) in [6.45, 7) is 4.59. The molecule has 0 amide bonds. The molecule has 78 valence electrons. The van der Waals surface area contributed by atoms with Gasteiger partial charge >= 0.3 is 0 Å². The van der Waals surface area contributed by atoms with Gasteiger partial charge in [0.25, 0.3) is 0 Å². The van der Waals surface area contributed by atoms with Crippen molar-refractivity contribution in [2.45, 2.75) is 19.8 Å². The second kappa shape index (κ2) is 5.23. The second-order valence-electron chi connectivity index (χ2n) is 3.20. The van der Waals surface area contributed by atoms with Gasteiger partial charge in [-0.3, -0.25) is 0 Å². The lowest BCUT2D eigenvalue weighted by Crippen LogP contribution is -2.03. The summed E-state index contributed by atoms with van der Waals surface area (Å²) in [6.07, 6.45) is 0. The average molecular weight is 215 g/mol. The first-order chi connectivity index (χ1) is 6.69. The third kappa shape index (κ3) is 2.63. The fourth-order valence-corrected chi connectivity index (χ4v) is 1.47. The Hall–Kier alpha value is -0.730. The van der Waals surface area contributed by atoms with Gasteiger partial charge in [0.2, 0.25) is 0 Å². The van der Waals surface area contributed by atoms with Crippen LogP contribution in [0.15, 0.2) is 18.2 Å². The molecule has 2 nitrogen and oxygen atoms in total. The number of ether oxygens (including phenoxy) is 1. The summed E-state index contributed by atoms with van der Waals surface area (Å²) in [4.78, 5) is 0. The minimum Gasteiger partial charge on any atom is -0.494 e. The smallest absolute Gasteiger partial charge is 0.122 e. The largest absolute Gasteiger partial charge is 0.494 e. The molecule has 0 bridgehead atoms. The first-order valence-electron chi connectivity index (χ1n) is 4.72.